The van der Waals surface area contributed by atoms with Crippen molar-refractivity contribution in [3.05, 3.63) is 47.7 Å². The molecule has 0 aliphatic rings. The maximum absolute atomic E-state index is 11.6. The molecule has 1 aromatic carbocycles. The Hall–Kier alpha value is -2.10. The Balaban J connectivity index is 2.57. The summed E-state index contributed by atoms with van der Waals surface area (Å²) in [6.07, 6.45) is 1.17. The van der Waals surface area contributed by atoms with E-state index >= 15 is 0 Å². The number of carbonyl (C=O) groups is 2. The normalized spacial score (nSPS) is 10.8. The molecule has 1 aromatic rings. The van der Waals surface area contributed by atoms with Gasteiger partial charge in [0.25, 0.3) is 5.91 Å². The van der Waals surface area contributed by atoms with Gasteiger partial charge in [-0.25, -0.2) is 0 Å². The second kappa shape index (κ2) is 6.48. The lowest BCUT2D eigenvalue weighted by Crippen LogP contribution is -2.25. The second-order valence-corrected chi connectivity index (χ2v) is 3.49. The molecule has 0 fully saturated rings. The number of ketones is 1. The van der Waals surface area contributed by atoms with Gasteiger partial charge in [-0.2, -0.15) is 0 Å². The highest BCUT2D eigenvalue weighted by Crippen LogP contribution is 2.00. The van der Waals surface area contributed by atoms with Crippen LogP contribution in [-0.2, 0) is 20.9 Å². The molecule has 17 heavy (non-hydrogen) atoms. The Morgan fingerprint density at radius 2 is 1.94 bits per heavy atom. The van der Waals surface area contributed by atoms with Gasteiger partial charge in [-0.05, 0) is 12.5 Å². The van der Waals surface area contributed by atoms with Crippen LogP contribution in [0, 0.1) is 0 Å². The highest BCUT2D eigenvalue weighted by atomic mass is 16.5. The number of hydrogen-bond acceptors (Lipinski definition) is 3. The molecule has 4 nitrogen and oxygen atoms in total. The summed E-state index contributed by atoms with van der Waals surface area (Å²) in [5.41, 5.74) is 0.985. The van der Waals surface area contributed by atoms with Crippen molar-refractivity contribution < 1.29 is 14.3 Å². The van der Waals surface area contributed by atoms with Crippen LogP contribution in [0.4, 0.5) is 0 Å². The Kier molecular flexibility index (Phi) is 4.94. The number of hydrogen-bond donors (Lipinski definition) is 1. The Bertz CT molecular complexity index is 424. The second-order valence-electron chi connectivity index (χ2n) is 3.49. The molecular formula is C13H15NO3. The third-order valence-corrected chi connectivity index (χ3v) is 2.07. The minimum Gasteiger partial charge on any atom is -0.491 e. The van der Waals surface area contributed by atoms with Gasteiger partial charge < -0.3 is 10.1 Å². The largest absolute Gasteiger partial charge is 0.491 e. The molecule has 0 spiro atoms. The van der Waals surface area contributed by atoms with Gasteiger partial charge in [0, 0.05) is 12.6 Å². The molecule has 90 valence electrons. The van der Waals surface area contributed by atoms with Crippen molar-refractivity contribution >= 4 is 11.7 Å². The van der Waals surface area contributed by atoms with E-state index in [2.05, 4.69) is 5.32 Å². The minimum absolute atomic E-state index is 0.0217. The van der Waals surface area contributed by atoms with Crippen LogP contribution in [0.15, 0.2) is 42.2 Å². The number of carbonyl (C=O) groups excluding carboxylic acids is 2. The summed E-state index contributed by atoms with van der Waals surface area (Å²) >= 11 is 0. The number of nitrogens with one attached hydrogen (secondary N) is 1. The van der Waals surface area contributed by atoms with Crippen LogP contribution in [0.1, 0.15) is 12.5 Å². The zero-order valence-electron chi connectivity index (χ0n) is 9.90. The molecule has 0 heterocycles. The van der Waals surface area contributed by atoms with Crippen LogP contribution in [-0.4, -0.2) is 18.8 Å². The molecule has 0 saturated carbocycles. The van der Waals surface area contributed by atoms with Crippen LogP contribution < -0.4 is 5.32 Å². The van der Waals surface area contributed by atoms with Crippen molar-refractivity contribution in [2.45, 2.75) is 13.5 Å². The molecule has 1 rings (SSSR count). The van der Waals surface area contributed by atoms with Gasteiger partial charge >= 0.3 is 0 Å². The first-order valence-electron chi connectivity index (χ1n) is 5.22. The van der Waals surface area contributed by atoms with Crippen LogP contribution in [0.3, 0.4) is 0 Å². The first-order valence-corrected chi connectivity index (χ1v) is 5.22. The van der Waals surface area contributed by atoms with Crippen LogP contribution >= 0.6 is 0 Å². The molecule has 4 heteroatoms. The summed E-state index contributed by atoms with van der Waals surface area (Å²) in [4.78, 5) is 22.5. The standard InChI is InChI=1S/C13H15NO3/c1-10(15)8-12(17-2)13(16)14-9-11-6-4-3-5-7-11/h3-8H,9H2,1-2H3,(H,14,16). The lowest BCUT2D eigenvalue weighted by Gasteiger charge is -2.07. The van der Waals surface area contributed by atoms with E-state index in [1.165, 1.54) is 20.1 Å². The van der Waals surface area contributed by atoms with E-state index in [0.29, 0.717) is 6.54 Å². The van der Waals surface area contributed by atoms with Gasteiger partial charge in [0.1, 0.15) is 0 Å². The highest BCUT2D eigenvalue weighted by molar-refractivity contribution is 5.99. The number of amides is 1. The summed E-state index contributed by atoms with van der Waals surface area (Å²) in [5.74, 6) is -0.600. The van der Waals surface area contributed by atoms with Gasteiger partial charge in [-0.3, -0.25) is 9.59 Å². The quantitative estimate of drug-likeness (QED) is 0.618. The van der Waals surface area contributed by atoms with Crippen molar-refractivity contribution in [3.8, 4) is 0 Å². The third kappa shape index (κ3) is 4.51. The average Bonchev–Trinajstić information content (AvgIpc) is 2.34. The molecule has 0 unspecified atom stereocenters. The van der Waals surface area contributed by atoms with Gasteiger partial charge in [0.2, 0.25) is 0 Å². The SMILES string of the molecule is COC(=CC(C)=O)C(=O)NCc1ccccc1. The first kappa shape index (κ1) is 13.0. The number of methoxy groups -OCH3 is 1. The average molecular weight is 233 g/mol. The van der Waals surface area contributed by atoms with E-state index < -0.39 is 5.91 Å². The van der Waals surface area contributed by atoms with E-state index in [9.17, 15) is 9.59 Å². The highest BCUT2D eigenvalue weighted by Gasteiger charge is 2.09. The van der Waals surface area contributed by atoms with Gasteiger partial charge in [-0.1, -0.05) is 30.3 Å². The fourth-order valence-electron chi connectivity index (χ4n) is 1.27. The molecule has 0 atom stereocenters. The van der Waals surface area contributed by atoms with Gasteiger partial charge in [0.15, 0.2) is 11.5 Å². The van der Waals surface area contributed by atoms with Crippen molar-refractivity contribution in [3.63, 3.8) is 0 Å². The van der Waals surface area contributed by atoms with Crippen molar-refractivity contribution in [2.75, 3.05) is 7.11 Å². The smallest absolute Gasteiger partial charge is 0.286 e. The molecule has 0 aliphatic heterocycles. The summed E-state index contributed by atoms with van der Waals surface area (Å²) in [6.45, 7) is 1.77. The Morgan fingerprint density at radius 1 is 1.29 bits per heavy atom. The maximum Gasteiger partial charge on any atom is 0.286 e. The number of allylic oxidation sites excluding steroid dienone is 1. The summed E-state index contributed by atoms with van der Waals surface area (Å²) in [7, 11) is 1.36. The lowest BCUT2D eigenvalue weighted by molar-refractivity contribution is -0.121. The van der Waals surface area contributed by atoms with Gasteiger partial charge in [-0.15, -0.1) is 0 Å². The molecule has 0 radical (unpaired) electrons. The fraction of sp³-hybridized carbons (Fsp3) is 0.231. The van der Waals surface area contributed by atoms with Gasteiger partial charge in [0.05, 0.1) is 7.11 Å². The molecule has 0 aromatic heterocycles. The molecule has 0 aliphatic carbocycles. The zero-order chi connectivity index (χ0) is 12.7. The Labute approximate surface area is 100 Å². The summed E-state index contributed by atoms with van der Waals surface area (Å²) in [6, 6.07) is 9.50. The molecular weight excluding hydrogens is 218 g/mol. The number of benzene rings is 1. The van der Waals surface area contributed by atoms with E-state index in [0.717, 1.165) is 5.56 Å². The van der Waals surface area contributed by atoms with Crippen LogP contribution in [0.5, 0.6) is 0 Å². The van der Waals surface area contributed by atoms with Crippen molar-refractivity contribution in [1.82, 2.24) is 5.32 Å². The molecule has 0 saturated heterocycles. The van der Waals surface area contributed by atoms with Crippen LogP contribution in [0.2, 0.25) is 0 Å². The van der Waals surface area contributed by atoms with Crippen LogP contribution in [0.25, 0.3) is 0 Å². The summed E-state index contributed by atoms with van der Waals surface area (Å²) in [5, 5.41) is 2.67. The molecule has 0 bridgehead atoms. The fourth-order valence-corrected chi connectivity index (χ4v) is 1.27. The zero-order valence-corrected chi connectivity index (χ0v) is 9.90. The molecule has 1 N–H and O–H groups in total. The first-order chi connectivity index (χ1) is 8.13. The van der Waals surface area contributed by atoms with Crippen molar-refractivity contribution in [1.29, 1.82) is 0 Å². The Morgan fingerprint density at radius 3 is 2.47 bits per heavy atom. The van der Waals surface area contributed by atoms with E-state index in [1.54, 1.807) is 0 Å². The maximum atomic E-state index is 11.6. The third-order valence-electron chi connectivity index (χ3n) is 2.07. The number of ether oxygens (including phenoxy) is 1. The predicted molar refractivity (Wildman–Crippen MR) is 64.1 cm³/mol. The monoisotopic (exact) mass is 233 g/mol. The molecule has 1 amide bonds. The predicted octanol–water partition coefficient (Wildman–Crippen LogP) is 1.42. The van der Waals surface area contributed by atoms with Crippen molar-refractivity contribution in [2.24, 2.45) is 0 Å². The number of rotatable bonds is 5. The topological polar surface area (TPSA) is 55.4 Å². The van der Waals surface area contributed by atoms with E-state index in [4.69, 9.17) is 4.74 Å². The van der Waals surface area contributed by atoms with E-state index in [-0.39, 0.29) is 11.5 Å². The minimum atomic E-state index is -0.397. The summed E-state index contributed by atoms with van der Waals surface area (Å²) < 4.78 is 4.84. The lowest BCUT2D eigenvalue weighted by atomic mass is 10.2. The van der Waals surface area contributed by atoms with E-state index in [1.807, 2.05) is 30.3 Å².